The number of carbonyl (C=O) groups excluding carboxylic acids is 2. The second kappa shape index (κ2) is 10.6. The van der Waals surface area contributed by atoms with Crippen molar-refractivity contribution in [1.82, 2.24) is 10.2 Å². The third kappa shape index (κ3) is 5.66. The zero-order valence-corrected chi connectivity index (χ0v) is 19.1. The van der Waals surface area contributed by atoms with E-state index in [4.69, 9.17) is 16.0 Å². The third-order valence-corrected chi connectivity index (χ3v) is 6.56. The molecule has 0 saturated carbocycles. The maximum absolute atomic E-state index is 13.2. The van der Waals surface area contributed by atoms with Crippen LogP contribution in [-0.2, 0) is 11.3 Å². The van der Waals surface area contributed by atoms with Crippen LogP contribution < -0.4 is 10.2 Å². The van der Waals surface area contributed by atoms with Crippen molar-refractivity contribution in [3.8, 4) is 0 Å². The van der Waals surface area contributed by atoms with Crippen LogP contribution in [0.1, 0.15) is 16.1 Å². The molecule has 0 unspecified atom stereocenters. The summed E-state index contributed by atoms with van der Waals surface area (Å²) in [6, 6.07) is 18.8. The molecule has 1 N–H and O–H groups in total. The molecule has 0 atom stereocenters. The zero-order chi connectivity index (χ0) is 22.3. The van der Waals surface area contributed by atoms with Gasteiger partial charge in [-0.05, 0) is 42.5 Å². The Kier molecular flexibility index (Phi) is 7.39. The number of thioether (sulfide) groups is 1. The predicted octanol–water partition coefficient (Wildman–Crippen LogP) is 4.30. The Balaban J connectivity index is 1.33. The van der Waals surface area contributed by atoms with Crippen LogP contribution >= 0.6 is 23.4 Å². The topological polar surface area (TPSA) is 65.8 Å². The second-order valence-corrected chi connectivity index (χ2v) is 8.85. The van der Waals surface area contributed by atoms with Gasteiger partial charge in [0.05, 0.1) is 24.1 Å². The average Bonchev–Trinajstić information content (AvgIpc) is 3.35. The van der Waals surface area contributed by atoms with Crippen molar-refractivity contribution in [2.45, 2.75) is 11.4 Å². The lowest BCUT2D eigenvalue weighted by molar-refractivity contribution is -0.118. The standard InChI is InChI=1S/C24H24ClN3O3S/c25-18-5-3-6-19(15-18)27-10-12-28(13-11-27)24(30)21-8-1-2-9-22(21)32-17-23(29)26-16-20-7-4-14-31-20/h1-9,14-15H,10-13,16-17H2,(H,26,29). The Labute approximate surface area is 196 Å². The van der Waals surface area contributed by atoms with E-state index in [2.05, 4.69) is 10.2 Å². The molecule has 0 radical (unpaired) electrons. The molecule has 166 valence electrons. The Bertz CT molecular complexity index is 1070. The fourth-order valence-electron chi connectivity index (χ4n) is 3.57. The zero-order valence-electron chi connectivity index (χ0n) is 17.5. The normalized spacial score (nSPS) is 13.8. The molecule has 1 aromatic heterocycles. The number of piperazine rings is 1. The highest BCUT2D eigenvalue weighted by Crippen LogP contribution is 2.25. The molecule has 2 heterocycles. The van der Waals surface area contributed by atoms with Crippen LogP contribution in [0.4, 0.5) is 5.69 Å². The fourth-order valence-corrected chi connectivity index (χ4v) is 4.63. The molecule has 1 fully saturated rings. The van der Waals surface area contributed by atoms with Crippen molar-refractivity contribution >= 4 is 40.9 Å². The predicted molar refractivity (Wildman–Crippen MR) is 127 cm³/mol. The minimum atomic E-state index is -0.108. The summed E-state index contributed by atoms with van der Waals surface area (Å²) < 4.78 is 5.22. The van der Waals surface area contributed by atoms with Crippen molar-refractivity contribution in [2.24, 2.45) is 0 Å². The van der Waals surface area contributed by atoms with Gasteiger partial charge in [-0.1, -0.05) is 29.8 Å². The van der Waals surface area contributed by atoms with Crippen molar-refractivity contribution in [1.29, 1.82) is 0 Å². The van der Waals surface area contributed by atoms with Gasteiger partial charge in [-0.2, -0.15) is 0 Å². The summed E-state index contributed by atoms with van der Waals surface area (Å²) in [4.78, 5) is 30.3. The van der Waals surface area contributed by atoms with Crippen LogP contribution in [0.5, 0.6) is 0 Å². The minimum Gasteiger partial charge on any atom is -0.467 e. The van der Waals surface area contributed by atoms with Crippen molar-refractivity contribution in [2.75, 3.05) is 36.8 Å². The van der Waals surface area contributed by atoms with Crippen LogP contribution in [0.2, 0.25) is 5.02 Å². The molecule has 1 aliphatic heterocycles. The van der Waals surface area contributed by atoms with Gasteiger partial charge in [0.1, 0.15) is 5.76 Å². The SMILES string of the molecule is O=C(CSc1ccccc1C(=O)N1CCN(c2cccc(Cl)c2)CC1)NCc1ccco1. The number of benzene rings is 2. The number of nitrogens with zero attached hydrogens (tertiary/aromatic N) is 2. The highest BCUT2D eigenvalue weighted by Gasteiger charge is 2.24. The molecule has 8 heteroatoms. The monoisotopic (exact) mass is 469 g/mol. The summed E-state index contributed by atoms with van der Waals surface area (Å²) in [6.07, 6.45) is 1.58. The molecule has 32 heavy (non-hydrogen) atoms. The summed E-state index contributed by atoms with van der Waals surface area (Å²) in [5.74, 6) is 0.822. The highest BCUT2D eigenvalue weighted by molar-refractivity contribution is 8.00. The Morgan fingerprint density at radius 3 is 2.56 bits per heavy atom. The number of carbonyl (C=O) groups is 2. The van der Waals surface area contributed by atoms with Crippen LogP contribution in [0.3, 0.4) is 0 Å². The summed E-state index contributed by atoms with van der Waals surface area (Å²) in [5.41, 5.74) is 1.70. The van der Waals surface area contributed by atoms with E-state index in [1.165, 1.54) is 11.8 Å². The first-order valence-corrected chi connectivity index (χ1v) is 11.8. The number of rotatable bonds is 7. The molecule has 1 aliphatic rings. The van der Waals surface area contributed by atoms with E-state index in [-0.39, 0.29) is 17.6 Å². The van der Waals surface area contributed by atoms with E-state index in [0.717, 1.165) is 23.7 Å². The number of anilines is 1. The van der Waals surface area contributed by atoms with Gasteiger partial charge in [0.15, 0.2) is 0 Å². The van der Waals surface area contributed by atoms with Gasteiger partial charge < -0.3 is 19.5 Å². The van der Waals surface area contributed by atoms with Crippen LogP contribution in [0.25, 0.3) is 0 Å². The van der Waals surface area contributed by atoms with E-state index in [1.54, 1.807) is 12.3 Å². The number of hydrogen-bond donors (Lipinski definition) is 1. The van der Waals surface area contributed by atoms with E-state index >= 15 is 0 Å². The summed E-state index contributed by atoms with van der Waals surface area (Å²) in [6.45, 7) is 3.11. The Morgan fingerprint density at radius 1 is 1.00 bits per heavy atom. The lowest BCUT2D eigenvalue weighted by atomic mass is 10.1. The van der Waals surface area contributed by atoms with E-state index < -0.39 is 0 Å². The Hall–Kier alpha value is -2.90. The van der Waals surface area contributed by atoms with Gasteiger partial charge in [0, 0.05) is 41.8 Å². The van der Waals surface area contributed by atoms with E-state index in [1.807, 2.05) is 59.5 Å². The number of furan rings is 1. The van der Waals surface area contributed by atoms with E-state index in [0.29, 0.717) is 36.0 Å². The van der Waals surface area contributed by atoms with Crippen LogP contribution in [0.15, 0.2) is 76.2 Å². The molecular formula is C24H24ClN3O3S. The number of halogens is 1. The molecule has 1 saturated heterocycles. The van der Waals surface area contributed by atoms with Gasteiger partial charge in [0.25, 0.3) is 5.91 Å². The second-order valence-electron chi connectivity index (χ2n) is 7.40. The van der Waals surface area contributed by atoms with Crippen molar-refractivity contribution in [3.63, 3.8) is 0 Å². The van der Waals surface area contributed by atoms with E-state index in [9.17, 15) is 9.59 Å². The minimum absolute atomic E-state index is 0.00478. The molecular weight excluding hydrogens is 446 g/mol. The maximum Gasteiger partial charge on any atom is 0.255 e. The third-order valence-electron chi connectivity index (χ3n) is 5.26. The summed E-state index contributed by atoms with van der Waals surface area (Å²) >= 11 is 7.48. The maximum atomic E-state index is 13.2. The molecule has 0 aliphatic carbocycles. The van der Waals surface area contributed by atoms with Gasteiger partial charge >= 0.3 is 0 Å². The molecule has 0 spiro atoms. The lowest BCUT2D eigenvalue weighted by Crippen LogP contribution is -2.48. The van der Waals surface area contributed by atoms with Crippen molar-refractivity contribution in [3.05, 3.63) is 83.3 Å². The first-order valence-electron chi connectivity index (χ1n) is 10.4. The Morgan fingerprint density at radius 2 is 1.81 bits per heavy atom. The van der Waals surface area contributed by atoms with Crippen LogP contribution in [0, 0.1) is 0 Å². The smallest absolute Gasteiger partial charge is 0.255 e. The van der Waals surface area contributed by atoms with Gasteiger partial charge in [0.2, 0.25) is 5.91 Å². The highest BCUT2D eigenvalue weighted by atomic mass is 35.5. The molecule has 0 bridgehead atoms. The molecule has 3 aromatic rings. The van der Waals surface area contributed by atoms with Gasteiger partial charge in [-0.3, -0.25) is 9.59 Å². The number of hydrogen-bond acceptors (Lipinski definition) is 5. The van der Waals surface area contributed by atoms with Crippen molar-refractivity contribution < 1.29 is 14.0 Å². The van der Waals surface area contributed by atoms with Gasteiger partial charge in [-0.15, -0.1) is 11.8 Å². The lowest BCUT2D eigenvalue weighted by Gasteiger charge is -2.36. The largest absolute Gasteiger partial charge is 0.467 e. The van der Waals surface area contributed by atoms with Crippen LogP contribution in [-0.4, -0.2) is 48.6 Å². The first-order chi connectivity index (χ1) is 15.6. The van der Waals surface area contributed by atoms with Gasteiger partial charge in [-0.25, -0.2) is 0 Å². The number of nitrogens with one attached hydrogen (secondary N) is 1. The number of amides is 2. The average molecular weight is 470 g/mol. The summed E-state index contributed by atoms with van der Waals surface area (Å²) in [5, 5.41) is 3.54. The molecule has 2 aromatic carbocycles. The first kappa shape index (κ1) is 22.3. The summed E-state index contributed by atoms with van der Waals surface area (Å²) in [7, 11) is 0. The molecule has 6 nitrogen and oxygen atoms in total. The molecule has 2 amide bonds. The quantitative estimate of drug-likeness (QED) is 0.522. The molecule has 4 rings (SSSR count). The fraction of sp³-hybridized carbons (Fsp3) is 0.250.